The van der Waals surface area contributed by atoms with Crippen molar-refractivity contribution >= 4 is 34.8 Å². The van der Waals surface area contributed by atoms with Gasteiger partial charge in [0.1, 0.15) is 35.3 Å². The average Bonchev–Trinajstić information content (AvgIpc) is 3.91. The second-order valence-corrected chi connectivity index (χ2v) is 17.9. The third kappa shape index (κ3) is 9.14. The van der Waals surface area contributed by atoms with Crippen molar-refractivity contribution in [1.82, 2.24) is 9.80 Å². The van der Waals surface area contributed by atoms with Gasteiger partial charge in [-0.25, -0.2) is 8.78 Å². The SMILES string of the molecule is O=C1CCc2cc(C(=O)CN3C[C@@H]4C[C@@H](Oc5ccc(F)cc5)C[C@]4(O)C3)ccc2N1.O=C1CCc2cc(C(=O)CN3C[C@H]4C[C@H](Oc5ccc(F)cc5)C[C@@]4(O)C3)ccc2N1. The van der Waals surface area contributed by atoms with Crippen LogP contribution in [0.1, 0.15) is 70.4 Å². The summed E-state index contributed by atoms with van der Waals surface area (Å²) < 4.78 is 38.0. The van der Waals surface area contributed by atoms with Crippen molar-refractivity contribution in [3.05, 3.63) is 119 Å². The fraction of sp³-hybridized carbons (Fsp3) is 0.417. The zero-order valence-electron chi connectivity index (χ0n) is 34.3. The topological polar surface area (TPSA) is 158 Å². The third-order valence-electron chi connectivity index (χ3n) is 13.3. The summed E-state index contributed by atoms with van der Waals surface area (Å²) in [5.74, 6) is 0.724. The van der Waals surface area contributed by atoms with E-state index in [2.05, 4.69) is 10.6 Å². The number of benzene rings is 4. The quantitative estimate of drug-likeness (QED) is 0.148. The highest BCUT2D eigenvalue weighted by Crippen LogP contribution is 2.44. The molecule has 6 aliphatic rings. The number of β-amino-alcohol motifs (C(OH)–C–C–N with tert-alkyl or cyclic N) is 2. The number of fused-ring (bicyclic) bond motifs is 4. The minimum atomic E-state index is -0.870. The number of nitrogens with one attached hydrogen (secondary N) is 2. The van der Waals surface area contributed by atoms with Gasteiger partial charge < -0.3 is 30.3 Å². The number of ketones is 2. The molecule has 4 fully saturated rings. The molecule has 6 atom stereocenters. The molecule has 4 aliphatic heterocycles. The Hall–Kier alpha value is -5.54. The molecule has 4 heterocycles. The molecule has 4 aromatic rings. The largest absolute Gasteiger partial charge is 0.490 e. The van der Waals surface area contributed by atoms with Crippen LogP contribution in [0.2, 0.25) is 0 Å². The Morgan fingerprint density at radius 2 is 1.02 bits per heavy atom. The molecule has 0 radical (unpaired) electrons. The van der Waals surface area contributed by atoms with E-state index in [4.69, 9.17) is 9.47 Å². The maximum Gasteiger partial charge on any atom is 0.224 e. The first-order valence-electron chi connectivity index (χ1n) is 21.4. The van der Waals surface area contributed by atoms with E-state index in [0.717, 1.165) is 22.5 Å². The van der Waals surface area contributed by atoms with E-state index < -0.39 is 11.2 Å². The maximum absolute atomic E-state index is 13.1. The van der Waals surface area contributed by atoms with Crippen molar-refractivity contribution in [1.29, 1.82) is 0 Å². The molecule has 0 unspecified atom stereocenters. The van der Waals surface area contributed by atoms with E-state index in [1.54, 1.807) is 48.5 Å². The van der Waals surface area contributed by atoms with Crippen LogP contribution in [0.4, 0.5) is 20.2 Å². The van der Waals surface area contributed by atoms with Gasteiger partial charge in [-0.1, -0.05) is 0 Å². The van der Waals surface area contributed by atoms with E-state index in [0.29, 0.717) is 100 Å². The van der Waals surface area contributed by atoms with Crippen LogP contribution in [-0.2, 0) is 22.4 Å². The third-order valence-corrected chi connectivity index (χ3v) is 13.3. The molecule has 12 nitrogen and oxygen atoms in total. The number of hydrogen-bond acceptors (Lipinski definition) is 10. The van der Waals surface area contributed by atoms with Gasteiger partial charge in [0.05, 0.1) is 24.3 Å². The Morgan fingerprint density at radius 1 is 0.613 bits per heavy atom. The van der Waals surface area contributed by atoms with E-state index >= 15 is 0 Å². The lowest BCUT2D eigenvalue weighted by Crippen LogP contribution is -2.37. The highest BCUT2D eigenvalue weighted by atomic mass is 19.1. The Bertz CT molecular complexity index is 2210. The molecule has 4 N–H and O–H groups in total. The molecule has 10 rings (SSSR count). The summed E-state index contributed by atoms with van der Waals surface area (Å²) in [6.45, 7) is 2.68. The molecule has 2 saturated heterocycles. The lowest BCUT2D eigenvalue weighted by molar-refractivity contribution is -0.117. The number of carbonyl (C=O) groups excluding carboxylic acids is 4. The summed E-state index contributed by atoms with van der Waals surface area (Å²) in [6.07, 6.45) is 4.33. The zero-order valence-corrected chi connectivity index (χ0v) is 34.3. The first kappa shape index (κ1) is 41.8. The van der Waals surface area contributed by atoms with Gasteiger partial charge in [0, 0.05) is 86.2 Å². The van der Waals surface area contributed by atoms with Gasteiger partial charge in [-0.2, -0.15) is 0 Å². The number of aliphatic hydroxyl groups is 2. The van der Waals surface area contributed by atoms with Gasteiger partial charge in [0.2, 0.25) is 11.8 Å². The average molecular weight is 849 g/mol. The lowest BCUT2D eigenvalue weighted by Gasteiger charge is -2.23. The van der Waals surface area contributed by atoms with E-state index in [1.165, 1.54) is 24.3 Å². The molecule has 2 aliphatic carbocycles. The number of likely N-dealkylation sites (tertiary alicyclic amines) is 2. The number of carbonyl (C=O) groups is 4. The van der Waals surface area contributed by atoms with Crippen LogP contribution in [0.25, 0.3) is 0 Å². The summed E-state index contributed by atoms with van der Waals surface area (Å²) in [5.41, 5.74) is 3.07. The van der Waals surface area contributed by atoms with Crippen LogP contribution >= 0.6 is 0 Å². The van der Waals surface area contributed by atoms with Crippen molar-refractivity contribution in [3.8, 4) is 11.5 Å². The Morgan fingerprint density at radius 3 is 1.40 bits per heavy atom. The highest BCUT2D eigenvalue weighted by Gasteiger charge is 2.54. The van der Waals surface area contributed by atoms with Gasteiger partial charge >= 0.3 is 0 Å². The maximum atomic E-state index is 13.1. The molecule has 324 valence electrons. The second kappa shape index (κ2) is 17.0. The molecular weight excluding hydrogens is 799 g/mol. The standard InChI is InChI=1S/2C24H25FN2O4/c2*25-18-3-5-19(6-4-18)31-20-10-17-12-27(14-24(17,30)11-20)13-22(28)16-1-7-21-15(9-16)2-8-23(29)26-21/h2*1,3-7,9,17,20,30H,2,8,10-14H2,(H,26,29)/t2*17-,20+,24-/m10/s1. The first-order chi connectivity index (χ1) is 29.8. The fourth-order valence-electron chi connectivity index (χ4n) is 10.3. The first-order valence-corrected chi connectivity index (χ1v) is 21.4. The highest BCUT2D eigenvalue weighted by molar-refractivity contribution is 6.01. The van der Waals surface area contributed by atoms with Gasteiger partial charge in [-0.3, -0.25) is 29.0 Å². The van der Waals surface area contributed by atoms with Crippen molar-refractivity contribution in [2.45, 2.75) is 74.8 Å². The Kier molecular flexibility index (Phi) is 11.4. The Labute approximate surface area is 358 Å². The monoisotopic (exact) mass is 848 g/mol. The van der Waals surface area contributed by atoms with E-state index in [-0.39, 0.29) is 72.1 Å². The number of hydrogen-bond donors (Lipinski definition) is 4. The van der Waals surface area contributed by atoms with Gasteiger partial charge in [-0.05, 0) is 122 Å². The lowest BCUT2D eigenvalue weighted by atomic mass is 9.95. The fourth-order valence-corrected chi connectivity index (χ4v) is 10.3. The molecule has 4 aromatic carbocycles. The van der Waals surface area contributed by atoms with Crippen LogP contribution in [0.5, 0.6) is 11.5 Å². The van der Waals surface area contributed by atoms with Crippen LogP contribution in [0.3, 0.4) is 0 Å². The number of amides is 2. The van der Waals surface area contributed by atoms with Gasteiger partial charge in [-0.15, -0.1) is 0 Å². The van der Waals surface area contributed by atoms with E-state index in [9.17, 15) is 38.2 Å². The molecule has 0 spiro atoms. The zero-order chi connectivity index (χ0) is 43.2. The normalized spacial score (nSPS) is 27.5. The van der Waals surface area contributed by atoms with E-state index in [1.807, 2.05) is 21.9 Å². The number of anilines is 2. The summed E-state index contributed by atoms with van der Waals surface area (Å²) in [5, 5.41) is 27.9. The molecule has 2 saturated carbocycles. The number of ether oxygens (including phenoxy) is 2. The van der Waals surface area contributed by atoms with Crippen molar-refractivity contribution < 1.29 is 47.6 Å². The molecule has 0 aromatic heterocycles. The number of halogens is 2. The number of nitrogens with zero attached hydrogens (tertiary/aromatic N) is 2. The number of Topliss-reactive ketones (excluding diaryl/α,β-unsaturated/α-hetero) is 2. The molecule has 62 heavy (non-hydrogen) atoms. The number of rotatable bonds is 10. The second-order valence-electron chi connectivity index (χ2n) is 17.9. The Balaban J connectivity index is 0.000000158. The van der Waals surface area contributed by atoms with Crippen LogP contribution < -0.4 is 20.1 Å². The minimum Gasteiger partial charge on any atom is -0.490 e. The summed E-state index contributed by atoms with van der Waals surface area (Å²) in [6, 6.07) is 22.7. The van der Waals surface area contributed by atoms with Crippen molar-refractivity contribution in [2.75, 3.05) is 49.9 Å². The summed E-state index contributed by atoms with van der Waals surface area (Å²) in [4.78, 5) is 52.7. The summed E-state index contributed by atoms with van der Waals surface area (Å²) in [7, 11) is 0. The van der Waals surface area contributed by atoms with Crippen molar-refractivity contribution in [3.63, 3.8) is 0 Å². The van der Waals surface area contributed by atoms with Crippen LogP contribution in [0, 0.1) is 23.5 Å². The van der Waals surface area contributed by atoms with Crippen LogP contribution in [0.15, 0.2) is 84.9 Å². The molecule has 2 amide bonds. The minimum absolute atomic E-state index is 0.00476. The molecule has 0 bridgehead atoms. The number of aryl methyl sites for hydroxylation is 2. The predicted octanol–water partition coefficient (Wildman–Crippen LogP) is 5.59. The smallest absolute Gasteiger partial charge is 0.224 e. The van der Waals surface area contributed by atoms with Gasteiger partial charge in [0.25, 0.3) is 0 Å². The van der Waals surface area contributed by atoms with Crippen LogP contribution in [-0.4, -0.2) is 106 Å². The van der Waals surface area contributed by atoms with Gasteiger partial charge in [0.15, 0.2) is 11.6 Å². The predicted molar refractivity (Wildman–Crippen MR) is 225 cm³/mol. The van der Waals surface area contributed by atoms with Crippen molar-refractivity contribution in [2.24, 2.45) is 11.8 Å². The molecular formula is C48H50F2N4O8. The molecule has 14 heteroatoms. The summed E-state index contributed by atoms with van der Waals surface area (Å²) >= 11 is 0.